The van der Waals surface area contributed by atoms with Crippen LogP contribution in [-0.4, -0.2) is 13.1 Å². The Hall–Kier alpha value is -2.65. The minimum absolute atomic E-state index is 0. The lowest BCUT2D eigenvalue weighted by molar-refractivity contribution is -0.389. The number of nitrogens with zero attached hydrogens (tertiary/aromatic N) is 1. The smallest absolute Gasteiger partial charge is 0.203 e. The standard InChI is InChI=1S/C24H27N3.CH3/c1-19-9-11-20(12-10-19)18-25-15-5-17-27-23-7-3-2-6-21(23)13-14-22-24(27)8-4-16-26-22;/h2-4,6-12,16,25H,5,13-15,17-18H2,1H3;1H3/q;-1/p+1. The molecule has 146 valence electrons. The molecule has 0 saturated carbocycles. The molecule has 1 aliphatic heterocycles. The number of benzene rings is 2. The Morgan fingerprint density at radius 2 is 1.71 bits per heavy atom. The molecular formula is C25H31N3. The molecule has 0 radical (unpaired) electrons. The van der Waals surface area contributed by atoms with Gasteiger partial charge in [-0.15, -0.1) is 0 Å². The fourth-order valence-corrected chi connectivity index (χ4v) is 3.83. The highest BCUT2D eigenvalue weighted by Crippen LogP contribution is 2.34. The van der Waals surface area contributed by atoms with Crippen molar-refractivity contribution in [2.24, 2.45) is 0 Å². The van der Waals surface area contributed by atoms with Crippen LogP contribution < -0.4 is 15.2 Å². The Morgan fingerprint density at radius 3 is 2.57 bits per heavy atom. The fraction of sp³-hybridized carbons (Fsp3) is 0.280. The largest absolute Gasteiger partial charge is 0.358 e. The monoisotopic (exact) mass is 373 g/mol. The summed E-state index contributed by atoms with van der Waals surface area (Å²) in [5.41, 5.74) is 8.11. The first kappa shape index (κ1) is 20.1. The van der Waals surface area contributed by atoms with Gasteiger partial charge in [-0.3, -0.25) is 0 Å². The van der Waals surface area contributed by atoms with Gasteiger partial charge in [0.15, 0.2) is 6.20 Å². The molecule has 0 spiro atoms. The topological polar surface area (TPSA) is 29.4 Å². The van der Waals surface area contributed by atoms with Crippen molar-refractivity contribution in [2.75, 3.05) is 18.0 Å². The van der Waals surface area contributed by atoms with Gasteiger partial charge in [-0.2, -0.15) is 0 Å². The van der Waals surface area contributed by atoms with E-state index in [1.54, 1.807) is 0 Å². The van der Waals surface area contributed by atoms with Gasteiger partial charge in [0.25, 0.3) is 0 Å². The highest BCUT2D eigenvalue weighted by molar-refractivity contribution is 5.69. The zero-order valence-electron chi connectivity index (χ0n) is 17.0. The van der Waals surface area contributed by atoms with Gasteiger partial charge in [-0.25, -0.2) is 4.98 Å². The first-order valence-corrected chi connectivity index (χ1v) is 9.92. The number of anilines is 2. The zero-order valence-corrected chi connectivity index (χ0v) is 17.0. The lowest BCUT2D eigenvalue weighted by Gasteiger charge is -2.25. The predicted octanol–water partition coefficient (Wildman–Crippen LogP) is 4.68. The summed E-state index contributed by atoms with van der Waals surface area (Å²) in [6.45, 7) is 5.09. The summed E-state index contributed by atoms with van der Waals surface area (Å²) in [4.78, 5) is 5.95. The maximum absolute atomic E-state index is 3.59. The molecule has 0 unspecified atom stereocenters. The molecule has 3 nitrogen and oxygen atoms in total. The normalized spacial score (nSPS) is 12.5. The second-order valence-electron chi connectivity index (χ2n) is 7.33. The van der Waals surface area contributed by atoms with Crippen molar-refractivity contribution in [3.63, 3.8) is 0 Å². The van der Waals surface area contributed by atoms with Crippen LogP contribution in [0.3, 0.4) is 0 Å². The van der Waals surface area contributed by atoms with Crippen LogP contribution in [0.4, 0.5) is 11.4 Å². The summed E-state index contributed by atoms with van der Waals surface area (Å²) >= 11 is 0. The predicted molar refractivity (Wildman–Crippen MR) is 118 cm³/mol. The number of aromatic nitrogens is 1. The number of aryl methyl sites for hydroxylation is 3. The molecule has 0 saturated heterocycles. The number of nitrogens with one attached hydrogen (secondary N) is 2. The van der Waals surface area contributed by atoms with Crippen LogP contribution >= 0.6 is 0 Å². The number of pyridine rings is 1. The van der Waals surface area contributed by atoms with Crippen LogP contribution in [0.25, 0.3) is 0 Å². The van der Waals surface area contributed by atoms with E-state index in [4.69, 9.17) is 0 Å². The summed E-state index contributed by atoms with van der Waals surface area (Å²) in [6, 6.07) is 22.0. The van der Waals surface area contributed by atoms with E-state index in [-0.39, 0.29) is 7.43 Å². The molecule has 1 aliphatic rings. The van der Waals surface area contributed by atoms with Gasteiger partial charge in [-0.05, 0) is 49.6 Å². The third-order valence-electron chi connectivity index (χ3n) is 5.32. The number of fused-ring (bicyclic) bond motifs is 2. The van der Waals surface area contributed by atoms with E-state index in [2.05, 4.69) is 82.8 Å². The van der Waals surface area contributed by atoms with Gasteiger partial charge < -0.3 is 17.6 Å². The Bertz CT molecular complexity index is 839. The molecule has 3 aromatic rings. The third kappa shape index (κ3) is 4.60. The van der Waals surface area contributed by atoms with Crippen molar-refractivity contribution in [3.8, 4) is 0 Å². The van der Waals surface area contributed by atoms with Crippen molar-refractivity contribution in [1.29, 1.82) is 0 Å². The van der Waals surface area contributed by atoms with Crippen LogP contribution in [-0.2, 0) is 19.4 Å². The van der Waals surface area contributed by atoms with Crippen molar-refractivity contribution in [1.82, 2.24) is 5.32 Å². The van der Waals surface area contributed by atoms with Crippen LogP contribution in [0, 0.1) is 14.4 Å². The third-order valence-corrected chi connectivity index (χ3v) is 5.32. The number of hydrogen-bond donors (Lipinski definition) is 1. The van der Waals surface area contributed by atoms with Crippen LogP contribution in [0.15, 0.2) is 66.9 Å². The van der Waals surface area contributed by atoms with Crippen molar-refractivity contribution in [2.45, 2.75) is 32.7 Å². The lowest BCUT2D eigenvalue weighted by Crippen LogP contribution is -2.25. The molecule has 3 heteroatoms. The van der Waals surface area contributed by atoms with Crippen molar-refractivity contribution in [3.05, 3.63) is 96.7 Å². The zero-order chi connectivity index (χ0) is 18.5. The number of aromatic amines is 1. The second-order valence-corrected chi connectivity index (χ2v) is 7.33. The van der Waals surface area contributed by atoms with E-state index in [1.165, 1.54) is 33.8 Å². The maximum atomic E-state index is 3.59. The van der Waals surface area contributed by atoms with E-state index in [0.717, 1.165) is 38.9 Å². The van der Waals surface area contributed by atoms with Gasteiger partial charge >= 0.3 is 0 Å². The summed E-state index contributed by atoms with van der Waals surface area (Å²) in [7, 11) is 0. The minimum Gasteiger partial charge on any atom is -0.358 e. The van der Waals surface area contributed by atoms with Crippen molar-refractivity contribution >= 4 is 11.4 Å². The average molecular weight is 374 g/mol. The van der Waals surface area contributed by atoms with Gasteiger partial charge in [0.1, 0.15) is 5.69 Å². The number of rotatable bonds is 6. The van der Waals surface area contributed by atoms with Crippen molar-refractivity contribution < 1.29 is 4.98 Å². The Balaban J connectivity index is 0.00000225. The minimum atomic E-state index is 0. The van der Waals surface area contributed by atoms with Crippen LogP contribution in [0.5, 0.6) is 0 Å². The van der Waals surface area contributed by atoms with E-state index in [9.17, 15) is 0 Å². The van der Waals surface area contributed by atoms with Gasteiger partial charge in [0.2, 0.25) is 5.69 Å². The number of hydrogen-bond acceptors (Lipinski definition) is 2. The fourth-order valence-electron chi connectivity index (χ4n) is 3.83. The van der Waals surface area contributed by atoms with Crippen LogP contribution in [0.2, 0.25) is 0 Å². The highest BCUT2D eigenvalue weighted by atomic mass is 15.1. The Morgan fingerprint density at radius 1 is 0.929 bits per heavy atom. The number of H-pyrrole nitrogens is 1. The molecule has 0 bridgehead atoms. The molecule has 4 rings (SSSR count). The molecule has 0 fully saturated rings. The first-order chi connectivity index (χ1) is 13.3. The van der Waals surface area contributed by atoms with Gasteiger partial charge in [0, 0.05) is 31.3 Å². The molecule has 0 atom stereocenters. The van der Waals surface area contributed by atoms with E-state index >= 15 is 0 Å². The maximum Gasteiger partial charge on any atom is 0.203 e. The summed E-state index contributed by atoms with van der Waals surface area (Å²) in [6.07, 6.45) is 5.30. The van der Waals surface area contributed by atoms with E-state index in [0.29, 0.717) is 0 Å². The quantitative estimate of drug-likeness (QED) is 0.502. The molecule has 2 N–H and O–H groups in total. The molecule has 2 aromatic carbocycles. The van der Waals surface area contributed by atoms with E-state index in [1.807, 2.05) is 6.20 Å². The summed E-state index contributed by atoms with van der Waals surface area (Å²) < 4.78 is 0. The molecule has 28 heavy (non-hydrogen) atoms. The molecule has 2 heterocycles. The molecule has 0 aliphatic carbocycles. The SMILES string of the molecule is Cc1ccc(CNCCCN2c3ccccc3CCc3[nH+]cccc32)cc1.[CH3-]. The Kier molecular flexibility index (Phi) is 6.83. The molecule has 0 amide bonds. The molecule has 1 aromatic heterocycles. The average Bonchev–Trinajstić information content (AvgIpc) is 2.86. The lowest BCUT2D eigenvalue weighted by atomic mass is 10.1. The van der Waals surface area contributed by atoms with Gasteiger partial charge in [-0.1, -0.05) is 48.0 Å². The van der Waals surface area contributed by atoms with E-state index < -0.39 is 0 Å². The first-order valence-electron chi connectivity index (χ1n) is 9.92. The second kappa shape index (κ2) is 9.52. The highest BCUT2D eigenvalue weighted by Gasteiger charge is 2.23. The van der Waals surface area contributed by atoms with Gasteiger partial charge in [0.05, 0.1) is 0 Å². The molecular weight excluding hydrogens is 342 g/mol. The summed E-state index contributed by atoms with van der Waals surface area (Å²) in [5.74, 6) is 0. The number of para-hydroxylation sites is 1. The Labute approximate surface area is 169 Å². The summed E-state index contributed by atoms with van der Waals surface area (Å²) in [5, 5.41) is 3.59. The van der Waals surface area contributed by atoms with Crippen LogP contribution in [0.1, 0.15) is 28.8 Å².